The van der Waals surface area contributed by atoms with Gasteiger partial charge in [-0.3, -0.25) is 4.79 Å². The lowest BCUT2D eigenvalue weighted by Gasteiger charge is -2.25. The molecule has 0 spiro atoms. The number of carboxylic acid groups (broad SMARTS) is 1. The van der Waals surface area contributed by atoms with Crippen molar-refractivity contribution in [2.45, 2.75) is 19.8 Å². The molecule has 1 atom stereocenters. The van der Waals surface area contributed by atoms with Gasteiger partial charge in [-0.25, -0.2) is 4.79 Å². The first kappa shape index (κ1) is 20.9. The van der Waals surface area contributed by atoms with Gasteiger partial charge in [0.15, 0.2) is 0 Å². The van der Waals surface area contributed by atoms with Crippen molar-refractivity contribution in [1.82, 2.24) is 4.90 Å². The minimum absolute atomic E-state index is 0.0306. The van der Waals surface area contributed by atoms with Crippen LogP contribution in [0.25, 0.3) is 11.1 Å². The zero-order valence-corrected chi connectivity index (χ0v) is 16.8. The van der Waals surface area contributed by atoms with E-state index in [0.29, 0.717) is 19.8 Å². The zero-order valence-electron chi connectivity index (χ0n) is 16.8. The Hall–Kier alpha value is -2.86. The zero-order chi connectivity index (χ0) is 20.8. The number of hydrogen-bond donors (Lipinski definition) is 1. The molecule has 6 nitrogen and oxygen atoms in total. The van der Waals surface area contributed by atoms with Gasteiger partial charge in [0, 0.05) is 25.6 Å². The molecule has 0 aliphatic heterocycles. The molecule has 1 aliphatic carbocycles. The summed E-state index contributed by atoms with van der Waals surface area (Å²) < 4.78 is 11.0. The molecule has 0 aromatic heterocycles. The molecule has 3 rings (SSSR count). The highest BCUT2D eigenvalue weighted by Gasteiger charge is 2.30. The van der Waals surface area contributed by atoms with Gasteiger partial charge in [-0.2, -0.15) is 0 Å². The summed E-state index contributed by atoms with van der Waals surface area (Å²) in [5.41, 5.74) is 4.61. The van der Waals surface area contributed by atoms with Gasteiger partial charge in [0.2, 0.25) is 0 Å². The number of carboxylic acids is 1. The summed E-state index contributed by atoms with van der Waals surface area (Å²) in [6, 6.07) is 16.3. The molecule has 0 fully saturated rings. The monoisotopic (exact) mass is 397 g/mol. The minimum Gasteiger partial charge on any atom is -0.481 e. The highest BCUT2D eigenvalue weighted by Crippen LogP contribution is 2.44. The van der Waals surface area contributed by atoms with Crippen LogP contribution in [0, 0.1) is 5.92 Å². The van der Waals surface area contributed by atoms with Crippen LogP contribution >= 0.6 is 0 Å². The normalized spacial score (nSPS) is 13.4. The van der Waals surface area contributed by atoms with Crippen LogP contribution in [0.4, 0.5) is 4.79 Å². The van der Waals surface area contributed by atoms with Crippen molar-refractivity contribution in [1.29, 1.82) is 0 Å². The van der Waals surface area contributed by atoms with Gasteiger partial charge < -0.3 is 19.5 Å². The first-order chi connectivity index (χ1) is 14.0. The Morgan fingerprint density at radius 2 is 1.66 bits per heavy atom. The molecule has 1 aliphatic rings. The lowest BCUT2D eigenvalue weighted by Crippen LogP contribution is -2.40. The lowest BCUT2D eigenvalue weighted by atomic mass is 9.98. The standard InChI is InChI=1S/C23H27NO5/c1-3-28-13-12-24(14-16(2)22(25)26)23(27)29-15-21-19-10-6-4-8-17(19)18-9-5-7-11-20(18)21/h4-11,16,21H,3,12-15H2,1-2H3,(H,25,26). The smallest absolute Gasteiger partial charge is 0.409 e. The fourth-order valence-corrected chi connectivity index (χ4v) is 3.67. The number of aliphatic carboxylic acids is 1. The highest BCUT2D eigenvalue weighted by molar-refractivity contribution is 5.79. The van der Waals surface area contributed by atoms with E-state index in [1.165, 1.54) is 4.90 Å². The van der Waals surface area contributed by atoms with Crippen molar-refractivity contribution < 1.29 is 24.2 Å². The van der Waals surface area contributed by atoms with E-state index in [-0.39, 0.29) is 19.1 Å². The Morgan fingerprint density at radius 1 is 1.07 bits per heavy atom. The Morgan fingerprint density at radius 3 is 2.21 bits per heavy atom. The maximum Gasteiger partial charge on any atom is 0.409 e. The van der Waals surface area contributed by atoms with E-state index < -0.39 is 18.0 Å². The average molecular weight is 397 g/mol. The van der Waals surface area contributed by atoms with Gasteiger partial charge in [0.05, 0.1) is 12.5 Å². The van der Waals surface area contributed by atoms with Gasteiger partial charge >= 0.3 is 12.1 Å². The summed E-state index contributed by atoms with van der Waals surface area (Å²) in [7, 11) is 0. The number of ether oxygens (including phenoxy) is 2. The van der Waals surface area contributed by atoms with Crippen LogP contribution < -0.4 is 0 Å². The number of carbonyl (C=O) groups is 2. The molecular weight excluding hydrogens is 370 g/mol. The third-order valence-corrected chi connectivity index (χ3v) is 5.22. The van der Waals surface area contributed by atoms with Crippen molar-refractivity contribution in [3.8, 4) is 11.1 Å². The van der Waals surface area contributed by atoms with Crippen LogP contribution in [0.2, 0.25) is 0 Å². The molecule has 0 saturated carbocycles. The molecule has 0 saturated heterocycles. The second-order valence-electron chi connectivity index (χ2n) is 7.19. The number of fused-ring (bicyclic) bond motifs is 3. The molecule has 1 amide bonds. The molecule has 0 radical (unpaired) electrons. The molecular formula is C23H27NO5. The third kappa shape index (κ3) is 4.77. The Bertz CT molecular complexity index is 820. The van der Waals surface area contributed by atoms with Crippen LogP contribution in [-0.2, 0) is 14.3 Å². The van der Waals surface area contributed by atoms with E-state index in [1.54, 1.807) is 6.92 Å². The second-order valence-corrected chi connectivity index (χ2v) is 7.19. The van der Waals surface area contributed by atoms with Crippen molar-refractivity contribution in [2.24, 2.45) is 5.92 Å². The number of carbonyl (C=O) groups excluding carboxylic acids is 1. The largest absolute Gasteiger partial charge is 0.481 e. The first-order valence-corrected chi connectivity index (χ1v) is 9.93. The number of nitrogens with zero attached hydrogens (tertiary/aromatic N) is 1. The average Bonchev–Trinajstić information content (AvgIpc) is 3.05. The van der Waals surface area contributed by atoms with Crippen LogP contribution in [0.1, 0.15) is 30.9 Å². The van der Waals surface area contributed by atoms with Gasteiger partial charge in [0.25, 0.3) is 0 Å². The molecule has 1 N–H and O–H groups in total. The molecule has 154 valence electrons. The highest BCUT2D eigenvalue weighted by atomic mass is 16.6. The predicted molar refractivity (Wildman–Crippen MR) is 110 cm³/mol. The molecule has 1 unspecified atom stereocenters. The van der Waals surface area contributed by atoms with Crippen LogP contribution in [0.3, 0.4) is 0 Å². The summed E-state index contributed by atoms with van der Waals surface area (Å²) in [6.45, 7) is 4.91. The fourth-order valence-electron chi connectivity index (χ4n) is 3.67. The number of rotatable bonds is 9. The van der Waals surface area contributed by atoms with Gasteiger partial charge in [0.1, 0.15) is 6.61 Å². The number of hydrogen-bond acceptors (Lipinski definition) is 4. The third-order valence-electron chi connectivity index (χ3n) is 5.22. The Labute approximate surface area is 171 Å². The Kier molecular flexibility index (Phi) is 6.88. The summed E-state index contributed by atoms with van der Waals surface area (Å²) in [5.74, 6) is -1.66. The quantitative estimate of drug-likeness (QED) is 0.648. The molecule has 2 aromatic rings. The summed E-state index contributed by atoms with van der Waals surface area (Å²) >= 11 is 0. The van der Waals surface area contributed by atoms with Crippen LogP contribution in [-0.4, -0.2) is 55.0 Å². The van der Waals surface area contributed by atoms with E-state index in [0.717, 1.165) is 22.3 Å². The number of benzene rings is 2. The van der Waals surface area contributed by atoms with E-state index in [2.05, 4.69) is 24.3 Å². The topological polar surface area (TPSA) is 76.1 Å². The van der Waals surface area contributed by atoms with E-state index in [4.69, 9.17) is 9.47 Å². The fraction of sp³-hybridized carbons (Fsp3) is 0.391. The summed E-state index contributed by atoms with van der Waals surface area (Å²) in [4.78, 5) is 25.4. The van der Waals surface area contributed by atoms with Crippen molar-refractivity contribution in [3.63, 3.8) is 0 Å². The first-order valence-electron chi connectivity index (χ1n) is 9.93. The summed E-state index contributed by atoms with van der Waals surface area (Å²) in [6.07, 6.45) is -0.514. The lowest BCUT2D eigenvalue weighted by molar-refractivity contribution is -0.141. The van der Waals surface area contributed by atoms with Crippen molar-refractivity contribution in [3.05, 3.63) is 59.7 Å². The van der Waals surface area contributed by atoms with E-state index >= 15 is 0 Å². The maximum atomic E-state index is 12.7. The maximum absolute atomic E-state index is 12.7. The van der Waals surface area contributed by atoms with Crippen molar-refractivity contribution in [2.75, 3.05) is 32.9 Å². The van der Waals surface area contributed by atoms with Crippen molar-refractivity contribution >= 4 is 12.1 Å². The van der Waals surface area contributed by atoms with Gasteiger partial charge in [-0.05, 0) is 29.2 Å². The predicted octanol–water partition coefficient (Wildman–Crippen LogP) is 3.99. The molecule has 0 bridgehead atoms. The second kappa shape index (κ2) is 9.56. The minimum atomic E-state index is -0.946. The summed E-state index contributed by atoms with van der Waals surface area (Å²) in [5, 5.41) is 9.20. The SMILES string of the molecule is CCOCCN(CC(C)C(=O)O)C(=O)OCC1c2ccccc2-c2ccccc21. The molecule has 29 heavy (non-hydrogen) atoms. The van der Waals surface area contributed by atoms with E-state index in [1.807, 2.05) is 31.2 Å². The van der Waals surface area contributed by atoms with Gasteiger partial charge in [-0.1, -0.05) is 55.5 Å². The van der Waals surface area contributed by atoms with E-state index in [9.17, 15) is 14.7 Å². The van der Waals surface area contributed by atoms with Crippen LogP contribution in [0.5, 0.6) is 0 Å². The number of amides is 1. The molecule has 0 heterocycles. The Balaban J connectivity index is 1.71. The molecule has 6 heteroatoms. The van der Waals surface area contributed by atoms with Crippen LogP contribution in [0.15, 0.2) is 48.5 Å². The van der Waals surface area contributed by atoms with Gasteiger partial charge in [-0.15, -0.1) is 0 Å². The molecule has 2 aromatic carbocycles.